The Morgan fingerprint density at radius 3 is 2.34 bits per heavy atom. The largest absolute Gasteiger partial charge is 0.495 e. The molecule has 0 aromatic heterocycles. The summed E-state index contributed by atoms with van der Waals surface area (Å²) < 4.78 is 10.8. The van der Waals surface area contributed by atoms with Gasteiger partial charge in [-0.1, -0.05) is 50.2 Å². The quantitative estimate of drug-likeness (QED) is 0.704. The summed E-state index contributed by atoms with van der Waals surface area (Å²) in [5, 5.41) is 3.05. The highest BCUT2D eigenvalue weighted by Crippen LogP contribution is 2.29. The van der Waals surface area contributed by atoms with E-state index in [0.29, 0.717) is 50.1 Å². The Labute approximate surface area is 190 Å². The normalized spacial score (nSPS) is 15.3. The molecule has 7 heteroatoms. The Morgan fingerprint density at radius 1 is 1.03 bits per heavy atom. The number of nitrogens with one attached hydrogen (secondary N) is 1. The molecule has 0 spiro atoms. The van der Waals surface area contributed by atoms with Crippen molar-refractivity contribution in [2.45, 2.75) is 26.8 Å². The Morgan fingerprint density at radius 2 is 1.72 bits per heavy atom. The molecule has 7 nitrogen and oxygen atoms in total. The third-order valence-electron chi connectivity index (χ3n) is 5.45. The molecule has 1 fully saturated rings. The van der Waals surface area contributed by atoms with Crippen molar-refractivity contribution in [2.24, 2.45) is 5.92 Å². The molecule has 2 aromatic carbocycles. The molecular weight excluding hydrogens is 406 g/mol. The van der Waals surface area contributed by atoms with E-state index in [0.717, 1.165) is 11.1 Å². The molecule has 2 amide bonds. The zero-order chi connectivity index (χ0) is 23.1. The van der Waals surface area contributed by atoms with Gasteiger partial charge in [0.2, 0.25) is 5.91 Å². The fraction of sp³-hybridized carbons (Fsp3) is 0.440. The second-order valence-electron chi connectivity index (χ2n) is 8.50. The molecule has 0 saturated carbocycles. The molecule has 0 bridgehead atoms. The van der Waals surface area contributed by atoms with Crippen molar-refractivity contribution in [1.29, 1.82) is 0 Å². The summed E-state index contributed by atoms with van der Waals surface area (Å²) in [7, 11) is 1.59. The molecule has 0 radical (unpaired) electrons. The van der Waals surface area contributed by atoms with Gasteiger partial charge in [-0.05, 0) is 36.1 Å². The molecule has 1 aliphatic heterocycles. The fourth-order valence-corrected chi connectivity index (χ4v) is 3.78. The van der Waals surface area contributed by atoms with Gasteiger partial charge in [-0.25, -0.2) is 4.79 Å². The van der Waals surface area contributed by atoms with Gasteiger partial charge in [0, 0.05) is 26.2 Å². The summed E-state index contributed by atoms with van der Waals surface area (Å²) in [6.45, 7) is 8.59. The zero-order valence-corrected chi connectivity index (χ0v) is 19.3. The maximum atomic E-state index is 13.5. The van der Waals surface area contributed by atoms with Crippen LogP contribution in [0.5, 0.6) is 5.75 Å². The average molecular weight is 440 g/mol. The number of carbonyl (C=O) groups is 2. The first kappa shape index (κ1) is 23.6. The predicted octanol–water partition coefficient (Wildman–Crippen LogP) is 4.09. The highest BCUT2D eigenvalue weighted by atomic mass is 16.6. The van der Waals surface area contributed by atoms with Crippen LogP contribution in [0.15, 0.2) is 48.5 Å². The summed E-state index contributed by atoms with van der Waals surface area (Å²) in [5.41, 5.74) is 2.59. The summed E-state index contributed by atoms with van der Waals surface area (Å²) >= 11 is 0. The first-order valence-electron chi connectivity index (χ1n) is 11.0. The van der Waals surface area contributed by atoms with Crippen LogP contribution < -0.4 is 10.1 Å². The van der Waals surface area contributed by atoms with E-state index in [9.17, 15) is 9.59 Å². The van der Waals surface area contributed by atoms with Crippen LogP contribution in [0.2, 0.25) is 0 Å². The van der Waals surface area contributed by atoms with Gasteiger partial charge in [0.25, 0.3) is 0 Å². The minimum Gasteiger partial charge on any atom is -0.495 e. The van der Waals surface area contributed by atoms with Crippen LogP contribution in [0.1, 0.15) is 31.0 Å². The number of amides is 2. The lowest BCUT2D eigenvalue weighted by Gasteiger charge is -2.38. The second kappa shape index (κ2) is 11.0. The van der Waals surface area contributed by atoms with Gasteiger partial charge in [0.05, 0.1) is 19.4 Å². The summed E-state index contributed by atoms with van der Waals surface area (Å²) in [4.78, 5) is 29.6. The molecule has 1 saturated heterocycles. The third kappa shape index (κ3) is 6.01. The van der Waals surface area contributed by atoms with E-state index in [2.05, 4.69) is 10.2 Å². The van der Waals surface area contributed by atoms with E-state index >= 15 is 0 Å². The Hall–Kier alpha value is -3.06. The number of rotatable bonds is 7. The standard InChI is InChI=1S/C25H33N3O4/c1-18(2)17-32-25(30)28-14-12-27(13-15-28)23(20-8-6-5-7-9-20)24(29)26-21-16-19(3)10-11-22(21)31-4/h5-11,16,18,23H,12-15,17H2,1-4H3,(H,26,29). The maximum absolute atomic E-state index is 13.5. The number of ether oxygens (including phenoxy) is 2. The number of carbonyl (C=O) groups excluding carboxylic acids is 2. The van der Waals surface area contributed by atoms with Gasteiger partial charge in [0.1, 0.15) is 11.8 Å². The van der Waals surface area contributed by atoms with Gasteiger partial charge >= 0.3 is 6.09 Å². The van der Waals surface area contributed by atoms with Crippen molar-refractivity contribution >= 4 is 17.7 Å². The molecule has 1 atom stereocenters. The van der Waals surface area contributed by atoms with Gasteiger partial charge in [-0.15, -0.1) is 0 Å². The van der Waals surface area contributed by atoms with Crippen LogP contribution in [0.25, 0.3) is 0 Å². The van der Waals surface area contributed by atoms with E-state index in [-0.39, 0.29) is 12.0 Å². The van der Waals surface area contributed by atoms with Crippen molar-refractivity contribution in [3.05, 3.63) is 59.7 Å². The SMILES string of the molecule is COc1ccc(C)cc1NC(=O)C(c1ccccc1)N1CCN(C(=O)OCC(C)C)CC1. The minimum absolute atomic E-state index is 0.129. The van der Waals surface area contributed by atoms with Crippen LogP contribution in [0.4, 0.5) is 10.5 Å². The number of piperazine rings is 1. The topological polar surface area (TPSA) is 71.1 Å². The first-order valence-corrected chi connectivity index (χ1v) is 11.0. The number of hydrogen-bond donors (Lipinski definition) is 1. The first-order chi connectivity index (χ1) is 15.4. The number of methoxy groups -OCH3 is 1. The second-order valence-corrected chi connectivity index (χ2v) is 8.50. The summed E-state index contributed by atoms with van der Waals surface area (Å²) in [6.07, 6.45) is -0.288. The summed E-state index contributed by atoms with van der Waals surface area (Å²) in [5.74, 6) is 0.787. The lowest BCUT2D eigenvalue weighted by molar-refractivity contribution is -0.122. The molecule has 172 valence electrons. The van der Waals surface area contributed by atoms with Crippen molar-refractivity contribution in [3.8, 4) is 5.75 Å². The van der Waals surface area contributed by atoms with Crippen molar-refractivity contribution in [3.63, 3.8) is 0 Å². The number of hydrogen-bond acceptors (Lipinski definition) is 5. The van der Waals surface area contributed by atoms with Crippen LogP contribution in [-0.4, -0.2) is 61.7 Å². The molecule has 0 aliphatic carbocycles. The molecule has 3 rings (SSSR count). The Balaban J connectivity index is 1.74. The van der Waals surface area contributed by atoms with Gasteiger partial charge in [-0.2, -0.15) is 0 Å². The van der Waals surface area contributed by atoms with Crippen LogP contribution in [-0.2, 0) is 9.53 Å². The van der Waals surface area contributed by atoms with E-state index in [1.54, 1.807) is 12.0 Å². The molecule has 1 unspecified atom stereocenters. The molecule has 1 N–H and O–H groups in total. The monoisotopic (exact) mass is 439 g/mol. The van der Waals surface area contributed by atoms with Gasteiger partial charge in [0.15, 0.2) is 0 Å². The lowest BCUT2D eigenvalue weighted by atomic mass is 10.0. The van der Waals surface area contributed by atoms with Crippen molar-refractivity contribution < 1.29 is 19.1 Å². The van der Waals surface area contributed by atoms with Gasteiger partial charge < -0.3 is 19.7 Å². The van der Waals surface area contributed by atoms with Crippen LogP contribution in [0, 0.1) is 12.8 Å². The molecule has 1 heterocycles. The summed E-state index contributed by atoms with van der Waals surface area (Å²) in [6, 6.07) is 14.9. The number of nitrogens with zero attached hydrogens (tertiary/aromatic N) is 2. The molecular formula is C25H33N3O4. The zero-order valence-electron chi connectivity index (χ0n) is 19.3. The van der Waals surface area contributed by atoms with E-state index in [4.69, 9.17) is 9.47 Å². The van der Waals surface area contributed by atoms with E-state index in [1.807, 2.05) is 69.3 Å². The smallest absolute Gasteiger partial charge is 0.409 e. The Bertz CT molecular complexity index is 909. The number of benzene rings is 2. The number of anilines is 1. The minimum atomic E-state index is -0.477. The molecule has 2 aromatic rings. The van der Waals surface area contributed by atoms with Crippen LogP contribution in [0.3, 0.4) is 0 Å². The maximum Gasteiger partial charge on any atom is 0.409 e. The third-order valence-corrected chi connectivity index (χ3v) is 5.45. The average Bonchev–Trinajstić information content (AvgIpc) is 2.79. The van der Waals surface area contributed by atoms with Crippen molar-refractivity contribution in [2.75, 3.05) is 45.2 Å². The lowest BCUT2D eigenvalue weighted by Crippen LogP contribution is -2.51. The van der Waals surface area contributed by atoms with Crippen LogP contribution >= 0.6 is 0 Å². The Kier molecular flexibility index (Phi) is 8.11. The van der Waals surface area contributed by atoms with Crippen molar-refractivity contribution in [1.82, 2.24) is 9.80 Å². The predicted molar refractivity (Wildman–Crippen MR) is 125 cm³/mol. The highest BCUT2D eigenvalue weighted by Gasteiger charge is 2.32. The van der Waals surface area contributed by atoms with E-state index < -0.39 is 6.04 Å². The highest BCUT2D eigenvalue weighted by molar-refractivity contribution is 5.97. The molecule has 1 aliphatic rings. The molecule has 32 heavy (non-hydrogen) atoms. The number of aryl methyl sites for hydroxylation is 1. The van der Waals surface area contributed by atoms with E-state index in [1.165, 1.54) is 0 Å². The fourth-order valence-electron chi connectivity index (χ4n) is 3.78. The van der Waals surface area contributed by atoms with Gasteiger partial charge in [-0.3, -0.25) is 9.69 Å².